The number of thioether (sulfide) groups is 1. The summed E-state index contributed by atoms with van der Waals surface area (Å²) in [5, 5.41) is 11.3. The molecule has 2 atom stereocenters. The predicted octanol–water partition coefficient (Wildman–Crippen LogP) is 4.33. The molecule has 0 radical (unpaired) electrons. The number of para-hydroxylation sites is 1. The van der Waals surface area contributed by atoms with Crippen LogP contribution >= 0.6 is 11.8 Å². The third kappa shape index (κ3) is 4.05. The van der Waals surface area contributed by atoms with E-state index in [0.29, 0.717) is 5.16 Å². The van der Waals surface area contributed by atoms with Gasteiger partial charge in [0.15, 0.2) is 5.82 Å². The van der Waals surface area contributed by atoms with Gasteiger partial charge < -0.3 is 10.7 Å². The van der Waals surface area contributed by atoms with Crippen molar-refractivity contribution in [3.8, 4) is 0 Å². The van der Waals surface area contributed by atoms with E-state index in [1.54, 1.807) is 18.2 Å². The van der Waals surface area contributed by atoms with E-state index in [4.69, 9.17) is 0 Å². The molecule has 0 fully saturated rings. The minimum Gasteiger partial charge on any atom is -0.323 e. The van der Waals surface area contributed by atoms with Crippen LogP contribution in [0.3, 0.4) is 0 Å². The number of aromatic nitrogens is 3. The zero-order chi connectivity index (χ0) is 21.1. The molecule has 0 unspecified atom stereocenters. The summed E-state index contributed by atoms with van der Waals surface area (Å²) >= 11 is 1.34. The van der Waals surface area contributed by atoms with Crippen molar-refractivity contribution in [1.82, 2.24) is 14.9 Å². The van der Waals surface area contributed by atoms with Gasteiger partial charge in [0.05, 0.1) is 11.7 Å². The van der Waals surface area contributed by atoms with Crippen molar-refractivity contribution < 1.29 is 9.18 Å². The third-order valence-corrected chi connectivity index (χ3v) is 6.33. The van der Waals surface area contributed by atoms with Crippen LogP contribution in [0.4, 0.5) is 10.1 Å². The van der Waals surface area contributed by atoms with Gasteiger partial charge in [0.1, 0.15) is 11.1 Å². The number of benzene rings is 2. The summed E-state index contributed by atoms with van der Waals surface area (Å²) in [4.78, 5) is 13.2. The Hall–Kier alpha value is -2.87. The molecule has 1 amide bonds. The number of rotatable bonds is 6. The van der Waals surface area contributed by atoms with E-state index in [1.165, 1.54) is 23.4 Å². The lowest BCUT2D eigenvalue weighted by Gasteiger charge is -2.33. The molecule has 1 aliphatic rings. The van der Waals surface area contributed by atoms with Gasteiger partial charge >= 0.3 is 0 Å². The second-order valence-electron chi connectivity index (χ2n) is 7.19. The van der Waals surface area contributed by atoms with Crippen LogP contribution in [-0.2, 0) is 17.6 Å². The summed E-state index contributed by atoms with van der Waals surface area (Å²) in [5.41, 5.74) is 5.81. The molecule has 4 rings (SSSR count). The topological polar surface area (TPSA) is 71.8 Å². The van der Waals surface area contributed by atoms with Crippen molar-refractivity contribution in [3.05, 3.63) is 71.3 Å². The summed E-state index contributed by atoms with van der Waals surface area (Å²) < 4.78 is 16.0. The Morgan fingerprint density at radius 3 is 2.63 bits per heavy atom. The number of nitrogens with zero attached hydrogens (tertiary/aromatic N) is 3. The minimum atomic E-state index is -0.539. The van der Waals surface area contributed by atoms with Gasteiger partial charge in [-0.2, -0.15) is 0 Å². The summed E-state index contributed by atoms with van der Waals surface area (Å²) in [6.45, 7) is 4.19. The molecule has 6 nitrogen and oxygen atoms in total. The quantitative estimate of drug-likeness (QED) is 0.615. The Bertz CT molecular complexity index is 1040. The SMILES string of the molecule is CCCc1nnc2n1N[C@@H](c1ccc(CC)cc1)[C@H](C(=O)Nc1ccccc1F)S2. The molecule has 1 aromatic heterocycles. The summed E-state index contributed by atoms with van der Waals surface area (Å²) in [6.07, 6.45) is 2.67. The smallest absolute Gasteiger partial charge is 0.240 e. The van der Waals surface area contributed by atoms with Gasteiger partial charge in [0.2, 0.25) is 11.1 Å². The molecule has 0 aliphatic carbocycles. The fourth-order valence-corrected chi connectivity index (χ4v) is 4.56. The molecule has 2 N–H and O–H groups in total. The molecule has 2 heterocycles. The Morgan fingerprint density at radius 2 is 1.93 bits per heavy atom. The van der Waals surface area contributed by atoms with Gasteiger partial charge in [-0.25, -0.2) is 9.07 Å². The number of anilines is 1. The van der Waals surface area contributed by atoms with Crippen molar-refractivity contribution in [1.29, 1.82) is 0 Å². The first-order chi connectivity index (χ1) is 14.6. The normalized spacial score (nSPS) is 17.8. The Morgan fingerprint density at radius 1 is 1.17 bits per heavy atom. The molecule has 0 spiro atoms. The second-order valence-corrected chi connectivity index (χ2v) is 8.30. The Labute approximate surface area is 179 Å². The lowest BCUT2D eigenvalue weighted by Crippen LogP contribution is -2.41. The van der Waals surface area contributed by atoms with Crippen LogP contribution in [0.25, 0.3) is 0 Å². The average molecular weight is 426 g/mol. The summed E-state index contributed by atoms with van der Waals surface area (Å²) in [7, 11) is 0. The van der Waals surface area contributed by atoms with Crippen LogP contribution in [0, 0.1) is 5.82 Å². The molecule has 0 bridgehead atoms. The van der Waals surface area contributed by atoms with Crippen LogP contribution in [0.5, 0.6) is 0 Å². The van der Waals surface area contributed by atoms with Crippen LogP contribution < -0.4 is 10.7 Å². The molecular weight excluding hydrogens is 401 g/mol. The molecule has 30 heavy (non-hydrogen) atoms. The van der Waals surface area contributed by atoms with E-state index in [9.17, 15) is 9.18 Å². The maximum absolute atomic E-state index is 14.1. The number of hydrogen-bond acceptors (Lipinski definition) is 5. The van der Waals surface area contributed by atoms with Crippen molar-refractivity contribution in [3.63, 3.8) is 0 Å². The van der Waals surface area contributed by atoms with Crippen molar-refractivity contribution in [2.75, 3.05) is 10.7 Å². The van der Waals surface area contributed by atoms with E-state index >= 15 is 0 Å². The summed E-state index contributed by atoms with van der Waals surface area (Å²) in [6, 6.07) is 14.1. The van der Waals surface area contributed by atoms with Crippen molar-refractivity contribution in [2.45, 2.75) is 49.6 Å². The first-order valence-electron chi connectivity index (χ1n) is 10.1. The summed E-state index contributed by atoms with van der Waals surface area (Å²) in [5.74, 6) is 0.0912. The number of halogens is 1. The van der Waals surface area contributed by atoms with Gasteiger partial charge in [0.25, 0.3) is 0 Å². The first-order valence-corrected chi connectivity index (χ1v) is 11.0. The van der Waals surface area contributed by atoms with Gasteiger partial charge in [0, 0.05) is 6.42 Å². The van der Waals surface area contributed by atoms with Gasteiger partial charge in [-0.05, 0) is 36.1 Å². The van der Waals surface area contributed by atoms with Crippen LogP contribution in [-0.4, -0.2) is 26.0 Å². The van der Waals surface area contributed by atoms with E-state index in [0.717, 1.165) is 30.7 Å². The van der Waals surface area contributed by atoms with Crippen LogP contribution in [0.2, 0.25) is 0 Å². The molecule has 1 aliphatic heterocycles. The number of hydrogen-bond donors (Lipinski definition) is 2. The zero-order valence-electron chi connectivity index (χ0n) is 16.9. The number of nitrogens with one attached hydrogen (secondary N) is 2. The maximum Gasteiger partial charge on any atom is 0.240 e. The van der Waals surface area contributed by atoms with Gasteiger partial charge in [-0.15, -0.1) is 10.2 Å². The average Bonchev–Trinajstić information content (AvgIpc) is 3.16. The highest BCUT2D eigenvalue weighted by molar-refractivity contribution is 8.00. The van der Waals surface area contributed by atoms with E-state index in [-0.39, 0.29) is 17.6 Å². The zero-order valence-corrected chi connectivity index (χ0v) is 17.7. The van der Waals surface area contributed by atoms with E-state index in [2.05, 4.69) is 46.9 Å². The molecule has 2 aromatic carbocycles. The molecular formula is C22H24FN5OS. The Balaban J connectivity index is 1.67. The fourth-order valence-electron chi connectivity index (χ4n) is 3.46. The van der Waals surface area contributed by atoms with Crippen LogP contribution in [0.1, 0.15) is 43.3 Å². The minimum absolute atomic E-state index is 0.168. The van der Waals surface area contributed by atoms with E-state index in [1.807, 2.05) is 16.8 Å². The molecule has 0 saturated heterocycles. The monoisotopic (exact) mass is 425 g/mol. The molecule has 0 saturated carbocycles. The van der Waals surface area contributed by atoms with Crippen molar-refractivity contribution >= 4 is 23.4 Å². The number of aryl methyl sites for hydroxylation is 2. The van der Waals surface area contributed by atoms with Gasteiger partial charge in [-0.1, -0.05) is 62.0 Å². The van der Waals surface area contributed by atoms with Crippen molar-refractivity contribution in [2.24, 2.45) is 0 Å². The lowest BCUT2D eigenvalue weighted by molar-refractivity contribution is -0.116. The lowest BCUT2D eigenvalue weighted by atomic mass is 10.0. The maximum atomic E-state index is 14.1. The number of carbonyl (C=O) groups excluding carboxylic acids is 1. The van der Waals surface area contributed by atoms with Crippen LogP contribution in [0.15, 0.2) is 53.7 Å². The molecule has 3 aromatic rings. The molecule has 156 valence electrons. The number of carbonyl (C=O) groups is 1. The number of fused-ring (bicyclic) bond motifs is 1. The Kier molecular flexibility index (Phi) is 6.03. The van der Waals surface area contributed by atoms with Gasteiger partial charge in [-0.3, -0.25) is 4.79 Å². The highest BCUT2D eigenvalue weighted by Crippen LogP contribution is 2.38. The first kappa shape index (κ1) is 20.4. The molecule has 8 heteroatoms. The third-order valence-electron chi connectivity index (χ3n) is 5.11. The largest absolute Gasteiger partial charge is 0.323 e. The van der Waals surface area contributed by atoms with E-state index < -0.39 is 11.1 Å². The fraction of sp³-hybridized carbons (Fsp3) is 0.318. The number of amides is 1. The standard InChI is InChI=1S/C22H24FN5OS/c1-3-7-18-25-26-22-28(18)27-19(15-12-10-14(4-2)11-13-15)20(30-22)21(29)24-17-9-6-5-8-16(17)23/h5-6,8-13,19-20,27H,3-4,7H2,1-2H3,(H,24,29)/t19-,20+/m0/s1. The predicted molar refractivity (Wildman–Crippen MR) is 117 cm³/mol. The highest BCUT2D eigenvalue weighted by Gasteiger charge is 2.38. The highest BCUT2D eigenvalue weighted by atomic mass is 32.2. The second kappa shape index (κ2) is 8.87.